The summed E-state index contributed by atoms with van der Waals surface area (Å²) in [4.78, 5) is 10.7. The van der Waals surface area contributed by atoms with Crippen LogP contribution in [0, 0.1) is 0 Å². The monoisotopic (exact) mass is 297 g/mol. The van der Waals surface area contributed by atoms with E-state index in [0.29, 0.717) is 12.5 Å². The van der Waals surface area contributed by atoms with Crippen LogP contribution in [-0.4, -0.2) is 25.0 Å². The quantitative estimate of drug-likeness (QED) is 0.657. The molecule has 5 heteroatoms. The zero-order chi connectivity index (χ0) is 15.9. The largest absolute Gasteiger partial charge is 0.370 e. The van der Waals surface area contributed by atoms with Gasteiger partial charge < -0.3 is 16.0 Å². The number of benzene rings is 1. The molecule has 0 spiro atoms. The van der Waals surface area contributed by atoms with Crippen molar-refractivity contribution in [3.63, 3.8) is 0 Å². The molecule has 5 nitrogen and oxygen atoms in total. The van der Waals surface area contributed by atoms with Gasteiger partial charge in [0.15, 0.2) is 5.96 Å². The van der Waals surface area contributed by atoms with Gasteiger partial charge in [0.2, 0.25) is 0 Å². The molecule has 0 atom stereocenters. The van der Waals surface area contributed by atoms with Crippen LogP contribution in [0.15, 0.2) is 47.6 Å². The number of nitrogens with zero attached hydrogens (tertiary/aromatic N) is 3. The molecule has 0 fully saturated rings. The van der Waals surface area contributed by atoms with Crippen molar-refractivity contribution in [3.05, 3.63) is 53.7 Å². The molecule has 0 unspecified atom stereocenters. The summed E-state index contributed by atoms with van der Waals surface area (Å²) in [7, 11) is 3.93. The third-order valence-corrected chi connectivity index (χ3v) is 3.35. The molecule has 22 heavy (non-hydrogen) atoms. The normalized spacial score (nSPS) is 11.3. The zero-order valence-corrected chi connectivity index (χ0v) is 13.4. The van der Waals surface area contributed by atoms with E-state index in [1.165, 1.54) is 5.56 Å². The molecule has 0 bridgehead atoms. The van der Waals surface area contributed by atoms with Gasteiger partial charge in [0, 0.05) is 31.5 Å². The summed E-state index contributed by atoms with van der Waals surface area (Å²) in [6.45, 7) is 2.63. The number of guanidine groups is 1. The molecule has 3 N–H and O–H groups in total. The van der Waals surface area contributed by atoms with Crippen molar-refractivity contribution in [2.75, 3.05) is 24.3 Å². The minimum absolute atomic E-state index is 0.401. The topological polar surface area (TPSA) is 66.5 Å². The highest BCUT2D eigenvalue weighted by molar-refractivity contribution is 5.92. The maximum atomic E-state index is 5.96. The van der Waals surface area contributed by atoms with Crippen molar-refractivity contribution in [2.45, 2.75) is 19.9 Å². The van der Waals surface area contributed by atoms with Crippen molar-refractivity contribution < 1.29 is 0 Å². The lowest BCUT2D eigenvalue weighted by molar-refractivity contribution is 0.983. The Kier molecular flexibility index (Phi) is 5.36. The number of nitrogens with one attached hydrogen (secondary N) is 1. The SMILES string of the molecule is CCc1ccc(NC(N)=NCc2cccnc2N(C)C)cc1. The van der Waals surface area contributed by atoms with E-state index in [9.17, 15) is 0 Å². The third kappa shape index (κ3) is 4.22. The van der Waals surface area contributed by atoms with Crippen LogP contribution in [0.3, 0.4) is 0 Å². The third-order valence-electron chi connectivity index (χ3n) is 3.35. The lowest BCUT2D eigenvalue weighted by Crippen LogP contribution is -2.22. The fourth-order valence-corrected chi connectivity index (χ4v) is 2.14. The van der Waals surface area contributed by atoms with Gasteiger partial charge in [0.1, 0.15) is 5.82 Å². The Morgan fingerprint density at radius 1 is 1.23 bits per heavy atom. The van der Waals surface area contributed by atoms with E-state index in [1.54, 1.807) is 6.20 Å². The van der Waals surface area contributed by atoms with Gasteiger partial charge >= 0.3 is 0 Å². The first-order valence-electron chi connectivity index (χ1n) is 7.37. The van der Waals surface area contributed by atoms with Gasteiger partial charge in [-0.15, -0.1) is 0 Å². The molecule has 0 amide bonds. The number of rotatable bonds is 5. The van der Waals surface area contributed by atoms with Crippen molar-refractivity contribution >= 4 is 17.5 Å². The summed E-state index contributed by atoms with van der Waals surface area (Å²) in [5, 5.41) is 3.11. The lowest BCUT2D eigenvalue weighted by atomic mass is 10.1. The Labute approximate surface area is 131 Å². The van der Waals surface area contributed by atoms with Gasteiger partial charge in [-0.05, 0) is 30.2 Å². The average molecular weight is 297 g/mol. The number of aryl methyl sites for hydroxylation is 1. The van der Waals surface area contributed by atoms with Crippen LogP contribution in [-0.2, 0) is 13.0 Å². The molecular formula is C17H23N5. The molecule has 1 aromatic heterocycles. The van der Waals surface area contributed by atoms with Crippen molar-refractivity contribution in [2.24, 2.45) is 10.7 Å². The van der Waals surface area contributed by atoms with Crippen LogP contribution in [0.25, 0.3) is 0 Å². The summed E-state index contributed by atoms with van der Waals surface area (Å²) in [6, 6.07) is 12.1. The van der Waals surface area contributed by atoms with Gasteiger partial charge in [0.25, 0.3) is 0 Å². The van der Waals surface area contributed by atoms with E-state index >= 15 is 0 Å². The van der Waals surface area contributed by atoms with E-state index in [-0.39, 0.29) is 0 Å². The second-order valence-electron chi connectivity index (χ2n) is 5.26. The first-order chi connectivity index (χ1) is 10.6. The summed E-state index contributed by atoms with van der Waals surface area (Å²) < 4.78 is 0. The molecule has 2 aromatic rings. The number of aromatic nitrogens is 1. The Bertz CT molecular complexity index is 632. The first-order valence-corrected chi connectivity index (χ1v) is 7.37. The van der Waals surface area contributed by atoms with Crippen molar-refractivity contribution in [1.82, 2.24) is 4.98 Å². The minimum atomic E-state index is 0.401. The first kappa shape index (κ1) is 15.8. The molecule has 2 rings (SSSR count). The van der Waals surface area contributed by atoms with Gasteiger partial charge in [-0.2, -0.15) is 0 Å². The number of pyridine rings is 1. The Hall–Kier alpha value is -2.56. The van der Waals surface area contributed by atoms with E-state index in [4.69, 9.17) is 5.73 Å². The van der Waals surface area contributed by atoms with Crippen LogP contribution in [0.1, 0.15) is 18.1 Å². The molecule has 1 aromatic carbocycles. The van der Waals surface area contributed by atoms with E-state index < -0.39 is 0 Å². The van der Waals surface area contributed by atoms with Gasteiger partial charge in [-0.3, -0.25) is 0 Å². The maximum Gasteiger partial charge on any atom is 0.193 e. The lowest BCUT2D eigenvalue weighted by Gasteiger charge is -2.14. The van der Waals surface area contributed by atoms with Crippen LogP contribution in [0.2, 0.25) is 0 Å². The predicted octanol–water partition coefficient (Wildman–Crippen LogP) is 2.64. The van der Waals surface area contributed by atoms with Crippen LogP contribution in [0.5, 0.6) is 0 Å². The summed E-state index contributed by atoms with van der Waals surface area (Å²) in [5.41, 5.74) is 9.24. The van der Waals surface area contributed by atoms with Crippen molar-refractivity contribution in [1.29, 1.82) is 0 Å². The fourth-order valence-electron chi connectivity index (χ4n) is 2.14. The second-order valence-corrected chi connectivity index (χ2v) is 5.26. The highest BCUT2D eigenvalue weighted by atomic mass is 15.1. The molecular weight excluding hydrogens is 274 g/mol. The van der Waals surface area contributed by atoms with E-state index in [2.05, 4.69) is 34.3 Å². The molecule has 0 radical (unpaired) electrons. The Morgan fingerprint density at radius 3 is 2.59 bits per heavy atom. The Balaban J connectivity index is 2.03. The van der Waals surface area contributed by atoms with Gasteiger partial charge in [-0.25, -0.2) is 9.98 Å². The molecule has 116 valence electrons. The number of nitrogens with two attached hydrogens (primary N) is 1. The highest BCUT2D eigenvalue weighted by Crippen LogP contribution is 2.15. The standard InChI is InChI=1S/C17H23N5/c1-4-13-7-9-15(10-8-13)21-17(18)20-12-14-6-5-11-19-16(14)22(2)3/h5-11H,4,12H2,1-3H3,(H3,18,20,21). The number of aliphatic imine (C=N–C) groups is 1. The van der Waals surface area contributed by atoms with Gasteiger partial charge in [0.05, 0.1) is 6.54 Å². The number of hydrogen-bond donors (Lipinski definition) is 2. The summed E-state index contributed by atoms with van der Waals surface area (Å²) in [5.74, 6) is 1.31. The molecule has 0 saturated heterocycles. The minimum Gasteiger partial charge on any atom is -0.370 e. The zero-order valence-electron chi connectivity index (χ0n) is 13.4. The van der Waals surface area contributed by atoms with Crippen molar-refractivity contribution in [3.8, 4) is 0 Å². The molecule has 1 heterocycles. The maximum absolute atomic E-state index is 5.96. The van der Waals surface area contributed by atoms with Crippen LogP contribution >= 0.6 is 0 Å². The summed E-state index contributed by atoms with van der Waals surface area (Å²) >= 11 is 0. The fraction of sp³-hybridized carbons (Fsp3) is 0.294. The number of anilines is 2. The molecule has 0 aliphatic heterocycles. The van der Waals surface area contributed by atoms with E-state index in [1.807, 2.05) is 43.3 Å². The van der Waals surface area contributed by atoms with Crippen LogP contribution in [0.4, 0.5) is 11.5 Å². The van der Waals surface area contributed by atoms with Crippen LogP contribution < -0.4 is 16.0 Å². The highest BCUT2D eigenvalue weighted by Gasteiger charge is 2.04. The summed E-state index contributed by atoms with van der Waals surface area (Å²) in [6.07, 6.45) is 2.80. The predicted molar refractivity (Wildman–Crippen MR) is 93.3 cm³/mol. The molecule has 0 saturated carbocycles. The average Bonchev–Trinajstić information content (AvgIpc) is 2.54. The smallest absolute Gasteiger partial charge is 0.193 e. The second kappa shape index (κ2) is 7.45. The Morgan fingerprint density at radius 2 is 1.95 bits per heavy atom. The molecule has 0 aliphatic rings. The van der Waals surface area contributed by atoms with Gasteiger partial charge in [-0.1, -0.05) is 25.1 Å². The number of hydrogen-bond acceptors (Lipinski definition) is 3. The van der Waals surface area contributed by atoms with E-state index in [0.717, 1.165) is 23.5 Å². The molecule has 0 aliphatic carbocycles.